The standard InChI is InChI=1S/C14H12BrN3S/c1-9(10-3-2-4-11(15)7-10)18-13-5-6-16-8-12(13)17-14(18)19/h2-9H,1H3,(H,17,19). The molecule has 3 nitrogen and oxygen atoms in total. The lowest BCUT2D eigenvalue weighted by Gasteiger charge is -2.15. The van der Waals surface area contributed by atoms with Crippen molar-refractivity contribution in [3.63, 3.8) is 0 Å². The summed E-state index contributed by atoms with van der Waals surface area (Å²) >= 11 is 8.94. The molecule has 1 N–H and O–H groups in total. The van der Waals surface area contributed by atoms with Crippen LogP contribution in [0.4, 0.5) is 0 Å². The Bertz CT molecular complexity index is 790. The zero-order valence-corrected chi connectivity index (χ0v) is 12.7. The van der Waals surface area contributed by atoms with Crippen molar-refractivity contribution in [1.29, 1.82) is 0 Å². The molecule has 2 aromatic heterocycles. The number of nitrogens with zero attached hydrogens (tertiary/aromatic N) is 2. The normalized spacial score (nSPS) is 12.7. The van der Waals surface area contributed by atoms with E-state index in [1.54, 1.807) is 12.4 Å². The molecule has 0 bridgehead atoms. The topological polar surface area (TPSA) is 33.6 Å². The Morgan fingerprint density at radius 2 is 2.21 bits per heavy atom. The summed E-state index contributed by atoms with van der Waals surface area (Å²) in [5, 5.41) is 0. The molecular weight excluding hydrogens is 322 g/mol. The number of H-pyrrole nitrogens is 1. The third-order valence-corrected chi connectivity index (χ3v) is 4.03. The van der Waals surface area contributed by atoms with E-state index < -0.39 is 0 Å². The third-order valence-electron chi connectivity index (χ3n) is 3.24. The van der Waals surface area contributed by atoms with Crippen molar-refractivity contribution in [1.82, 2.24) is 14.5 Å². The summed E-state index contributed by atoms with van der Waals surface area (Å²) in [5.74, 6) is 0. The predicted octanol–water partition coefficient (Wildman–Crippen LogP) is 4.47. The van der Waals surface area contributed by atoms with E-state index in [1.807, 2.05) is 18.2 Å². The molecule has 0 aliphatic carbocycles. The van der Waals surface area contributed by atoms with Crippen molar-refractivity contribution in [2.45, 2.75) is 13.0 Å². The van der Waals surface area contributed by atoms with Crippen LogP contribution in [0.2, 0.25) is 0 Å². The summed E-state index contributed by atoms with van der Waals surface area (Å²) in [6, 6.07) is 10.4. The number of pyridine rings is 1. The number of hydrogen-bond acceptors (Lipinski definition) is 2. The van der Waals surface area contributed by atoms with Crippen molar-refractivity contribution in [3.8, 4) is 0 Å². The Hall–Kier alpha value is -1.46. The number of nitrogens with one attached hydrogen (secondary N) is 1. The molecule has 2 heterocycles. The lowest BCUT2D eigenvalue weighted by molar-refractivity contribution is 0.649. The largest absolute Gasteiger partial charge is 0.329 e. The number of benzene rings is 1. The van der Waals surface area contributed by atoms with Crippen LogP contribution in [0.1, 0.15) is 18.5 Å². The number of fused-ring (bicyclic) bond motifs is 1. The van der Waals surface area contributed by atoms with Gasteiger partial charge in [0, 0.05) is 10.7 Å². The SMILES string of the molecule is CC(c1cccc(Br)c1)n1c(=S)[nH]c2cnccc21. The fourth-order valence-electron chi connectivity index (χ4n) is 2.28. The minimum Gasteiger partial charge on any atom is -0.329 e. The van der Waals surface area contributed by atoms with Crippen LogP contribution < -0.4 is 0 Å². The summed E-state index contributed by atoms with van der Waals surface area (Å²) in [6.07, 6.45) is 3.59. The van der Waals surface area contributed by atoms with Crippen molar-refractivity contribution in [3.05, 3.63) is 57.5 Å². The summed E-state index contributed by atoms with van der Waals surface area (Å²) in [7, 11) is 0. The number of imidazole rings is 1. The van der Waals surface area contributed by atoms with Gasteiger partial charge in [-0.2, -0.15) is 0 Å². The van der Waals surface area contributed by atoms with E-state index in [4.69, 9.17) is 12.2 Å². The molecule has 96 valence electrons. The lowest BCUT2D eigenvalue weighted by atomic mass is 10.1. The lowest BCUT2D eigenvalue weighted by Crippen LogP contribution is -2.06. The number of aromatic nitrogens is 3. The first-order valence-corrected chi connectivity index (χ1v) is 7.16. The minimum absolute atomic E-state index is 0.168. The van der Waals surface area contributed by atoms with Crippen molar-refractivity contribution in [2.24, 2.45) is 0 Å². The van der Waals surface area contributed by atoms with E-state index in [9.17, 15) is 0 Å². The molecule has 0 aliphatic rings. The number of hydrogen-bond donors (Lipinski definition) is 1. The minimum atomic E-state index is 0.168. The summed E-state index contributed by atoms with van der Waals surface area (Å²) in [6.45, 7) is 2.14. The molecular formula is C14H12BrN3S. The second-order valence-corrected chi connectivity index (χ2v) is 5.73. The van der Waals surface area contributed by atoms with E-state index in [-0.39, 0.29) is 6.04 Å². The zero-order valence-electron chi connectivity index (χ0n) is 10.3. The van der Waals surface area contributed by atoms with E-state index in [0.29, 0.717) is 0 Å². The first kappa shape index (κ1) is 12.6. The first-order chi connectivity index (χ1) is 9.16. The average molecular weight is 334 g/mol. The van der Waals surface area contributed by atoms with Crippen molar-refractivity contribution >= 4 is 39.2 Å². The van der Waals surface area contributed by atoms with Gasteiger partial charge in [-0.1, -0.05) is 28.1 Å². The summed E-state index contributed by atoms with van der Waals surface area (Å²) in [5.41, 5.74) is 3.25. The predicted molar refractivity (Wildman–Crippen MR) is 82.9 cm³/mol. The smallest absolute Gasteiger partial charge is 0.178 e. The van der Waals surface area contributed by atoms with Gasteiger partial charge in [-0.25, -0.2) is 0 Å². The average Bonchev–Trinajstić information content (AvgIpc) is 2.74. The Morgan fingerprint density at radius 3 is 3.00 bits per heavy atom. The highest BCUT2D eigenvalue weighted by Crippen LogP contribution is 2.25. The third kappa shape index (κ3) is 2.24. The molecule has 3 aromatic rings. The number of halogens is 1. The molecule has 19 heavy (non-hydrogen) atoms. The highest BCUT2D eigenvalue weighted by molar-refractivity contribution is 9.10. The number of aromatic amines is 1. The molecule has 5 heteroatoms. The highest BCUT2D eigenvalue weighted by atomic mass is 79.9. The molecule has 0 saturated carbocycles. The van der Waals surface area contributed by atoms with E-state index >= 15 is 0 Å². The molecule has 3 rings (SSSR count). The van der Waals surface area contributed by atoms with E-state index in [2.05, 4.69) is 49.5 Å². The maximum absolute atomic E-state index is 5.43. The quantitative estimate of drug-likeness (QED) is 0.702. The highest BCUT2D eigenvalue weighted by Gasteiger charge is 2.13. The zero-order chi connectivity index (χ0) is 13.4. The van der Waals surface area contributed by atoms with Gasteiger partial charge in [0.1, 0.15) is 0 Å². The van der Waals surface area contributed by atoms with Gasteiger partial charge in [0.15, 0.2) is 4.77 Å². The van der Waals surface area contributed by atoms with Gasteiger partial charge >= 0.3 is 0 Å². The fraction of sp³-hybridized carbons (Fsp3) is 0.143. The van der Waals surface area contributed by atoms with Crippen molar-refractivity contribution < 1.29 is 0 Å². The van der Waals surface area contributed by atoms with Crippen LogP contribution in [0.25, 0.3) is 11.0 Å². The molecule has 1 unspecified atom stereocenters. The maximum Gasteiger partial charge on any atom is 0.178 e. The Labute approximate surface area is 124 Å². The second kappa shape index (κ2) is 4.90. The Balaban J connectivity index is 2.19. The van der Waals surface area contributed by atoms with Gasteiger partial charge in [-0.15, -0.1) is 0 Å². The molecule has 1 atom stereocenters. The van der Waals surface area contributed by atoms with Gasteiger partial charge in [-0.05, 0) is 42.9 Å². The molecule has 0 spiro atoms. The van der Waals surface area contributed by atoms with Gasteiger partial charge in [-0.3, -0.25) is 4.98 Å². The maximum atomic E-state index is 5.43. The number of rotatable bonds is 2. The molecule has 0 fully saturated rings. The second-order valence-electron chi connectivity index (χ2n) is 4.42. The van der Waals surface area contributed by atoms with Crippen LogP contribution in [-0.4, -0.2) is 14.5 Å². The van der Waals surface area contributed by atoms with Crippen LogP contribution in [-0.2, 0) is 0 Å². The van der Waals surface area contributed by atoms with Crippen LogP contribution in [0.5, 0.6) is 0 Å². The molecule has 0 amide bonds. The molecule has 0 radical (unpaired) electrons. The van der Waals surface area contributed by atoms with Gasteiger partial charge in [0.2, 0.25) is 0 Å². The van der Waals surface area contributed by atoms with Crippen LogP contribution in [0.15, 0.2) is 47.2 Å². The van der Waals surface area contributed by atoms with Gasteiger partial charge in [0.05, 0.1) is 23.3 Å². The van der Waals surface area contributed by atoms with Crippen LogP contribution in [0.3, 0.4) is 0 Å². The first-order valence-electron chi connectivity index (χ1n) is 5.96. The molecule has 0 saturated heterocycles. The monoisotopic (exact) mass is 333 g/mol. The van der Waals surface area contributed by atoms with Gasteiger partial charge in [0.25, 0.3) is 0 Å². The fourth-order valence-corrected chi connectivity index (χ4v) is 3.06. The van der Waals surface area contributed by atoms with Crippen molar-refractivity contribution in [2.75, 3.05) is 0 Å². The van der Waals surface area contributed by atoms with Crippen LogP contribution >= 0.6 is 28.1 Å². The van der Waals surface area contributed by atoms with E-state index in [0.717, 1.165) is 20.3 Å². The van der Waals surface area contributed by atoms with Crippen LogP contribution in [0, 0.1) is 4.77 Å². The summed E-state index contributed by atoms with van der Waals surface area (Å²) < 4.78 is 3.91. The Kier molecular flexibility index (Phi) is 3.24. The van der Waals surface area contributed by atoms with E-state index in [1.165, 1.54) is 5.56 Å². The Morgan fingerprint density at radius 1 is 1.37 bits per heavy atom. The molecule has 1 aromatic carbocycles. The van der Waals surface area contributed by atoms with Gasteiger partial charge < -0.3 is 9.55 Å². The summed E-state index contributed by atoms with van der Waals surface area (Å²) in [4.78, 5) is 7.31. The molecule has 0 aliphatic heterocycles.